The Labute approximate surface area is 133 Å². The van der Waals surface area contributed by atoms with E-state index in [0.717, 1.165) is 10.6 Å². The molecule has 1 aromatic heterocycles. The summed E-state index contributed by atoms with van der Waals surface area (Å²) in [6.07, 6.45) is 0. The number of thiazole rings is 1. The van der Waals surface area contributed by atoms with Crippen LogP contribution < -0.4 is 5.32 Å². The van der Waals surface area contributed by atoms with Crippen LogP contribution in [0.5, 0.6) is 0 Å². The number of amides is 1. The summed E-state index contributed by atoms with van der Waals surface area (Å²) in [5, 5.41) is 3.52. The van der Waals surface area contributed by atoms with Crippen molar-refractivity contribution in [3.63, 3.8) is 0 Å². The molecule has 0 spiro atoms. The number of nitrogens with one attached hydrogen (secondary N) is 1. The minimum atomic E-state index is -0.506. The second-order valence-electron chi connectivity index (χ2n) is 4.99. The number of hydrogen-bond acceptors (Lipinski definition) is 5. The first-order valence-corrected chi connectivity index (χ1v) is 7.71. The van der Waals surface area contributed by atoms with E-state index < -0.39 is 5.97 Å². The van der Waals surface area contributed by atoms with Gasteiger partial charge >= 0.3 is 5.97 Å². The fourth-order valence-electron chi connectivity index (χ4n) is 1.87. The SMILES string of the molecule is Cc1ccc(CNC(=O)COC(=O)c2sc(C)nc2C)cc1. The molecular formula is C16H18N2O3S. The summed E-state index contributed by atoms with van der Waals surface area (Å²) in [6.45, 7) is 5.70. The molecule has 6 heteroatoms. The van der Waals surface area contributed by atoms with Gasteiger partial charge in [0.15, 0.2) is 6.61 Å². The van der Waals surface area contributed by atoms with Crippen LogP contribution in [0.2, 0.25) is 0 Å². The molecule has 0 unspecified atom stereocenters. The Bertz CT molecular complexity index is 677. The molecule has 1 aromatic carbocycles. The topological polar surface area (TPSA) is 68.3 Å². The van der Waals surface area contributed by atoms with Crippen LogP contribution in [-0.4, -0.2) is 23.5 Å². The Morgan fingerprint density at radius 3 is 2.45 bits per heavy atom. The van der Waals surface area contributed by atoms with E-state index in [1.54, 1.807) is 6.92 Å². The fourth-order valence-corrected chi connectivity index (χ4v) is 2.69. The Morgan fingerprint density at radius 1 is 1.18 bits per heavy atom. The lowest BCUT2D eigenvalue weighted by atomic mass is 10.1. The second kappa shape index (κ2) is 7.17. The maximum absolute atomic E-state index is 11.9. The van der Waals surface area contributed by atoms with Gasteiger partial charge in [-0.1, -0.05) is 29.8 Å². The largest absolute Gasteiger partial charge is 0.451 e. The van der Waals surface area contributed by atoms with E-state index in [0.29, 0.717) is 17.1 Å². The average molecular weight is 318 g/mol. The summed E-state index contributed by atoms with van der Waals surface area (Å²) in [4.78, 5) is 28.2. The van der Waals surface area contributed by atoms with Crippen molar-refractivity contribution in [3.05, 3.63) is 51.0 Å². The number of aromatic nitrogens is 1. The molecule has 1 N–H and O–H groups in total. The van der Waals surface area contributed by atoms with E-state index in [-0.39, 0.29) is 12.5 Å². The smallest absolute Gasteiger partial charge is 0.350 e. The van der Waals surface area contributed by atoms with Gasteiger partial charge in [0.2, 0.25) is 0 Å². The van der Waals surface area contributed by atoms with Gasteiger partial charge in [-0.05, 0) is 26.3 Å². The van der Waals surface area contributed by atoms with Crippen molar-refractivity contribution >= 4 is 23.2 Å². The number of rotatable bonds is 5. The third kappa shape index (κ3) is 4.39. The quantitative estimate of drug-likeness (QED) is 0.860. The van der Waals surface area contributed by atoms with Gasteiger partial charge in [0.25, 0.3) is 5.91 Å². The van der Waals surface area contributed by atoms with Gasteiger partial charge in [-0.3, -0.25) is 4.79 Å². The van der Waals surface area contributed by atoms with Crippen molar-refractivity contribution in [2.75, 3.05) is 6.61 Å². The van der Waals surface area contributed by atoms with Gasteiger partial charge in [-0.25, -0.2) is 9.78 Å². The number of nitrogens with zero attached hydrogens (tertiary/aromatic N) is 1. The summed E-state index contributed by atoms with van der Waals surface area (Å²) in [5.74, 6) is -0.832. The van der Waals surface area contributed by atoms with Crippen molar-refractivity contribution in [1.29, 1.82) is 0 Å². The maximum atomic E-state index is 11.9. The molecule has 0 radical (unpaired) electrons. The van der Waals surface area contributed by atoms with Gasteiger partial charge in [0, 0.05) is 6.54 Å². The van der Waals surface area contributed by atoms with Crippen LogP contribution in [-0.2, 0) is 16.1 Å². The normalized spacial score (nSPS) is 10.3. The summed E-state index contributed by atoms with van der Waals surface area (Å²) >= 11 is 1.27. The molecule has 0 aliphatic heterocycles. The third-order valence-corrected chi connectivity index (χ3v) is 4.09. The van der Waals surface area contributed by atoms with E-state index in [1.165, 1.54) is 16.9 Å². The minimum absolute atomic E-state index is 0.291. The van der Waals surface area contributed by atoms with Gasteiger partial charge in [-0.2, -0.15) is 0 Å². The van der Waals surface area contributed by atoms with E-state index in [2.05, 4.69) is 10.3 Å². The van der Waals surface area contributed by atoms with Crippen LogP contribution in [0, 0.1) is 20.8 Å². The highest BCUT2D eigenvalue weighted by Crippen LogP contribution is 2.17. The molecule has 0 saturated heterocycles. The molecule has 116 valence electrons. The van der Waals surface area contributed by atoms with Gasteiger partial charge in [0.1, 0.15) is 4.88 Å². The van der Waals surface area contributed by atoms with Crippen LogP contribution in [0.25, 0.3) is 0 Å². The van der Waals surface area contributed by atoms with Crippen LogP contribution >= 0.6 is 11.3 Å². The Hall–Kier alpha value is -2.21. The Morgan fingerprint density at radius 2 is 1.86 bits per heavy atom. The first-order valence-electron chi connectivity index (χ1n) is 6.89. The Balaban J connectivity index is 1.79. The first-order chi connectivity index (χ1) is 10.5. The first kappa shape index (κ1) is 16.2. The summed E-state index contributed by atoms with van der Waals surface area (Å²) in [5.41, 5.74) is 2.80. The van der Waals surface area contributed by atoms with Crippen molar-refractivity contribution in [2.45, 2.75) is 27.3 Å². The highest BCUT2D eigenvalue weighted by Gasteiger charge is 2.16. The molecule has 1 heterocycles. The zero-order valence-electron chi connectivity index (χ0n) is 12.8. The number of aryl methyl sites for hydroxylation is 3. The molecule has 0 saturated carbocycles. The van der Waals surface area contributed by atoms with E-state index in [9.17, 15) is 9.59 Å². The lowest BCUT2D eigenvalue weighted by Crippen LogP contribution is -2.28. The third-order valence-electron chi connectivity index (χ3n) is 3.03. The van der Waals surface area contributed by atoms with Gasteiger partial charge in [0.05, 0.1) is 10.7 Å². The molecule has 5 nitrogen and oxygen atoms in total. The highest BCUT2D eigenvalue weighted by molar-refractivity contribution is 7.13. The van der Waals surface area contributed by atoms with Crippen LogP contribution in [0.1, 0.15) is 31.5 Å². The van der Waals surface area contributed by atoms with Crippen molar-refractivity contribution < 1.29 is 14.3 Å². The molecular weight excluding hydrogens is 300 g/mol. The number of ether oxygens (including phenoxy) is 1. The maximum Gasteiger partial charge on any atom is 0.350 e. The van der Waals surface area contributed by atoms with E-state index in [4.69, 9.17) is 4.74 Å². The molecule has 0 atom stereocenters. The van der Waals surface area contributed by atoms with Gasteiger partial charge < -0.3 is 10.1 Å². The van der Waals surface area contributed by atoms with Crippen LogP contribution in [0.3, 0.4) is 0 Å². The molecule has 22 heavy (non-hydrogen) atoms. The Kier molecular flexibility index (Phi) is 5.27. The van der Waals surface area contributed by atoms with E-state index >= 15 is 0 Å². The minimum Gasteiger partial charge on any atom is -0.451 e. The monoisotopic (exact) mass is 318 g/mol. The summed E-state index contributed by atoms with van der Waals surface area (Å²) in [6, 6.07) is 7.86. The van der Waals surface area contributed by atoms with Crippen molar-refractivity contribution in [2.24, 2.45) is 0 Å². The zero-order valence-corrected chi connectivity index (χ0v) is 13.6. The lowest BCUT2D eigenvalue weighted by molar-refractivity contribution is -0.124. The molecule has 0 bridgehead atoms. The molecule has 2 aromatic rings. The lowest BCUT2D eigenvalue weighted by Gasteiger charge is -2.06. The number of hydrogen-bond donors (Lipinski definition) is 1. The molecule has 2 rings (SSSR count). The van der Waals surface area contributed by atoms with Crippen LogP contribution in [0.4, 0.5) is 0 Å². The average Bonchev–Trinajstić information content (AvgIpc) is 2.83. The van der Waals surface area contributed by atoms with E-state index in [1.807, 2.05) is 38.1 Å². The number of esters is 1. The standard InChI is InChI=1S/C16H18N2O3S/c1-10-4-6-13(7-5-10)8-17-14(19)9-21-16(20)15-11(2)18-12(3)22-15/h4-7H,8-9H2,1-3H3,(H,17,19). The predicted octanol–water partition coefficient (Wildman–Crippen LogP) is 2.54. The summed E-state index contributed by atoms with van der Waals surface area (Å²) < 4.78 is 5.01. The summed E-state index contributed by atoms with van der Waals surface area (Å²) in [7, 11) is 0. The number of benzene rings is 1. The predicted molar refractivity (Wildman–Crippen MR) is 84.9 cm³/mol. The molecule has 1 amide bonds. The number of carbonyl (C=O) groups excluding carboxylic acids is 2. The molecule has 0 fully saturated rings. The molecule has 0 aliphatic rings. The van der Waals surface area contributed by atoms with Crippen molar-refractivity contribution in [3.8, 4) is 0 Å². The number of carbonyl (C=O) groups is 2. The van der Waals surface area contributed by atoms with Crippen molar-refractivity contribution in [1.82, 2.24) is 10.3 Å². The van der Waals surface area contributed by atoms with Crippen LogP contribution in [0.15, 0.2) is 24.3 Å². The fraction of sp³-hybridized carbons (Fsp3) is 0.312. The van der Waals surface area contributed by atoms with Gasteiger partial charge in [-0.15, -0.1) is 11.3 Å². The zero-order chi connectivity index (χ0) is 16.1. The highest BCUT2D eigenvalue weighted by atomic mass is 32.1. The molecule has 0 aliphatic carbocycles. The second-order valence-corrected chi connectivity index (χ2v) is 6.19.